The molecule has 0 fully saturated rings. The molecule has 0 saturated carbocycles. The summed E-state index contributed by atoms with van der Waals surface area (Å²) >= 11 is 1.42. The highest BCUT2D eigenvalue weighted by atomic mass is 32.2. The molecule has 0 spiro atoms. The largest absolute Gasteiger partial charge is 0.484 e. The van der Waals surface area contributed by atoms with Gasteiger partial charge in [0.2, 0.25) is 0 Å². The lowest BCUT2D eigenvalue weighted by atomic mass is 9.88. The van der Waals surface area contributed by atoms with Crippen molar-refractivity contribution in [3.63, 3.8) is 0 Å². The fraction of sp³-hybridized carbons (Fsp3) is 0.333. The zero-order valence-electron chi connectivity index (χ0n) is 21.0. The molecule has 1 N–H and O–H groups in total. The lowest BCUT2D eigenvalue weighted by Gasteiger charge is -2.19. The topological polar surface area (TPSA) is 102 Å². The number of hydrogen-bond acceptors (Lipinski definition) is 7. The van der Waals surface area contributed by atoms with E-state index in [9.17, 15) is 18.0 Å². The van der Waals surface area contributed by atoms with Gasteiger partial charge in [0.15, 0.2) is 6.61 Å². The fourth-order valence-electron chi connectivity index (χ4n) is 4.21. The molecule has 0 radical (unpaired) electrons. The van der Waals surface area contributed by atoms with Gasteiger partial charge in [-0.05, 0) is 74.1 Å². The first-order chi connectivity index (χ1) is 17.7. The van der Waals surface area contributed by atoms with Crippen molar-refractivity contribution in [3.05, 3.63) is 70.6 Å². The molecule has 0 bridgehead atoms. The van der Waals surface area contributed by atoms with E-state index in [1.54, 1.807) is 61.5 Å². The van der Waals surface area contributed by atoms with E-state index in [1.807, 2.05) is 0 Å². The van der Waals surface area contributed by atoms with E-state index in [0.29, 0.717) is 27.9 Å². The molecule has 196 valence electrons. The van der Waals surface area contributed by atoms with Crippen molar-refractivity contribution in [2.24, 2.45) is 5.92 Å². The van der Waals surface area contributed by atoms with Gasteiger partial charge in [-0.25, -0.2) is 13.2 Å². The summed E-state index contributed by atoms with van der Waals surface area (Å²) in [5, 5.41) is 3.32. The summed E-state index contributed by atoms with van der Waals surface area (Å²) in [4.78, 5) is 26.6. The minimum atomic E-state index is -3.69. The number of amides is 1. The summed E-state index contributed by atoms with van der Waals surface area (Å²) in [5.41, 5.74) is 1.88. The van der Waals surface area contributed by atoms with Crippen molar-refractivity contribution in [1.82, 2.24) is 0 Å². The maximum absolute atomic E-state index is 12.8. The van der Waals surface area contributed by atoms with Crippen LogP contribution in [-0.2, 0) is 32.4 Å². The highest BCUT2D eigenvalue weighted by molar-refractivity contribution is 7.92. The van der Waals surface area contributed by atoms with Crippen LogP contribution in [0.25, 0.3) is 0 Å². The predicted molar refractivity (Wildman–Crippen MR) is 144 cm³/mol. The van der Waals surface area contributed by atoms with E-state index in [1.165, 1.54) is 22.7 Å². The number of esters is 1. The Bertz CT molecular complexity index is 1370. The number of anilines is 2. The second kappa shape index (κ2) is 11.4. The number of carbonyl (C=O) groups excluding carboxylic acids is 2. The van der Waals surface area contributed by atoms with Crippen molar-refractivity contribution in [2.75, 3.05) is 29.9 Å². The molecule has 1 atom stereocenters. The zero-order chi connectivity index (χ0) is 26.6. The quantitative estimate of drug-likeness (QED) is 0.386. The molecular formula is C27H30N2O6S2. The van der Waals surface area contributed by atoms with Gasteiger partial charge in [0, 0.05) is 11.9 Å². The molecule has 0 unspecified atom stereocenters. The van der Waals surface area contributed by atoms with Gasteiger partial charge in [-0.2, -0.15) is 0 Å². The second-order valence-corrected chi connectivity index (χ2v) is 12.0. The number of nitrogens with one attached hydrogen (secondary N) is 1. The number of benzene rings is 2. The van der Waals surface area contributed by atoms with Gasteiger partial charge in [0.25, 0.3) is 15.9 Å². The van der Waals surface area contributed by atoms with Crippen LogP contribution in [0.1, 0.15) is 41.1 Å². The van der Waals surface area contributed by atoms with Gasteiger partial charge in [0.05, 0.1) is 22.8 Å². The van der Waals surface area contributed by atoms with Crippen LogP contribution in [0.5, 0.6) is 5.75 Å². The molecule has 0 saturated heterocycles. The molecule has 0 aliphatic heterocycles. The molecule has 1 aliphatic carbocycles. The normalized spacial score (nSPS) is 14.9. The average Bonchev–Trinajstić information content (AvgIpc) is 3.24. The van der Waals surface area contributed by atoms with Crippen LogP contribution >= 0.6 is 11.3 Å². The van der Waals surface area contributed by atoms with Crippen molar-refractivity contribution >= 4 is 43.9 Å². The fourth-order valence-corrected chi connectivity index (χ4v) is 6.84. The van der Waals surface area contributed by atoms with Crippen LogP contribution in [0, 0.1) is 5.92 Å². The molecule has 1 heterocycles. The lowest BCUT2D eigenvalue weighted by molar-refractivity contribution is -0.118. The van der Waals surface area contributed by atoms with Gasteiger partial charge in [-0.15, -0.1) is 11.3 Å². The Kier molecular flexibility index (Phi) is 8.19. The maximum Gasteiger partial charge on any atom is 0.341 e. The molecular weight excluding hydrogens is 512 g/mol. The molecule has 1 aromatic heterocycles. The summed E-state index contributed by atoms with van der Waals surface area (Å²) < 4.78 is 37.7. The van der Waals surface area contributed by atoms with Gasteiger partial charge in [-0.3, -0.25) is 9.10 Å². The number of carbonyl (C=O) groups is 2. The summed E-state index contributed by atoms with van der Waals surface area (Å²) in [6.45, 7) is 3.93. The molecule has 4 rings (SSSR count). The average molecular weight is 543 g/mol. The van der Waals surface area contributed by atoms with Crippen LogP contribution in [-0.4, -0.2) is 40.6 Å². The van der Waals surface area contributed by atoms with Gasteiger partial charge in [0.1, 0.15) is 10.8 Å². The van der Waals surface area contributed by atoms with Crippen LogP contribution in [0.3, 0.4) is 0 Å². The van der Waals surface area contributed by atoms with E-state index in [2.05, 4.69) is 12.2 Å². The predicted octanol–water partition coefficient (Wildman–Crippen LogP) is 4.89. The molecule has 8 nitrogen and oxygen atoms in total. The van der Waals surface area contributed by atoms with E-state index >= 15 is 0 Å². The first-order valence-electron chi connectivity index (χ1n) is 12.1. The van der Waals surface area contributed by atoms with Crippen molar-refractivity contribution in [2.45, 2.75) is 38.0 Å². The van der Waals surface area contributed by atoms with Gasteiger partial charge in [-0.1, -0.05) is 25.1 Å². The standard InChI is InChI=1S/C27H30N2O6S2/c1-4-34-27(31)25-22-15-10-18(2)16-23(22)36-26(25)28-24(30)17-35-20-13-11-19(12-14-20)29(3)37(32,33)21-8-6-5-7-9-21/h5-9,11-14,18H,4,10,15-17H2,1-3H3,(H,28,30)/t18-/m1/s1. The number of hydrogen-bond donors (Lipinski definition) is 1. The third-order valence-corrected chi connectivity index (χ3v) is 9.19. The molecule has 2 aromatic carbocycles. The highest BCUT2D eigenvalue weighted by Gasteiger charge is 2.29. The number of sulfonamides is 1. The summed E-state index contributed by atoms with van der Waals surface area (Å²) in [6.07, 6.45) is 2.65. The van der Waals surface area contributed by atoms with Crippen molar-refractivity contribution in [1.29, 1.82) is 0 Å². The summed E-state index contributed by atoms with van der Waals surface area (Å²) in [5.74, 6) is 0.119. The third-order valence-electron chi connectivity index (χ3n) is 6.22. The second-order valence-electron chi connectivity index (χ2n) is 8.89. The third kappa shape index (κ3) is 5.97. The number of nitrogens with zero attached hydrogens (tertiary/aromatic N) is 1. The van der Waals surface area contributed by atoms with Crippen molar-refractivity contribution in [3.8, 4) is 5.75 Å². The monoisotopic (exact) mass is 542 g/mol. The van der Waals surface area contributed by atoms with Crippen LogP contribution in [0.4, 0.5) is 10.7 Å². The van der Waals surface area contributed by atoms with Crippen LogP contribution < -0.4 is 14.4 Å². The first-order valence-corrected chi connectivity index (χ1v) is 14.3. The van der Waals surface area contributed by atoms with E-state index in [-0.39, 0.29) is 18.1 Å². The summed E-state index contributed by atoms with van der Waals surface area (Å²) in [7, 11) is -2.21. The smallest absolute Gasteiger partial charge is 0.341 e. The van der Waals surface area contributed by atoms with E-state index < -0.39 is 21.9 Å². The van der Waals surface area contributed by atoms with Gasteiger partial charge < -0.3 is 14.8 Å². The Morgan fingerprint density at radius 3 is 2.49 bits per heavy atom. The lowest BCUT2D eigenvalue weighted by Crippen LogP contribution is -2.26. The van der Waals surface area contributed by atoms with Crippen LogP contribution in [0.15, 0.2) is 59.5 Å². The van der Waals surface area contributed by atoms with Crippen LogP contribution in [0.2, 0.25) is 0 Å². The van der Waals surface area contributed by atoms with Gasteiger partial charge >= 0.3 is 5.97 Å². The van der Waals surface area contributed by atoms with E-state index in [0.717, 1.165) is 29.7 Å². The number of ether oxygens (including phenoxy) is 2. The Hall–Kier alpha value is -3.37. The first kappa shape index (κ1) is 26.7. The Balaban J connectivity index is 1.41. The Labute approximate surface area is 221 Å². The molecule has 10 heteroatoms. The Morgan fingerprint density at radius 2 is 1.81 bits per heavy atom. The van der Waals surface area contributed by atoms with E-state index in [4.69, 9.17) is 9.47 Å². The SMILES string of the molecule is CCOC(=O)c1c(NC(=O)COc2ccc(N(C)S(=O)(=O)c3ccccc3)cc2)sc2c1CC[C@@H](C)C2. The Morgan fingerprint density at radius 1 is 1.11 bits per heavy atom. The molecule has 1 aliphatic rings. The number of thiophene rings is 1. The number of fused-ring (bicyclic) bond motifs is 1. The zero-order valence-corrected chi connectivity index (χ0v) is 22.7. The molecule has 37 heavy (non-hydrogen) atoms. The molecule has 1 amide bonds. The minimum Gasteiger partial charge on any atom is -0.484 e. The summed E-state index contributed by atoms with van der Waals surface area (Å²) in [6, 6.07) is 14.6. The minimum absolute atomic E-state index is 0.196. The highest BCUT2D eigenvalue weighted by Crippen LogP contribution is 2.40. The maximum atomic E-state index is 12.8. The molecule has 3 aromatic rings. The van der Waals surface area contributed by atoms with Crippen molar-refractivity contribution < 1.29 is 27.5 Å². The number of rotatable bonds is 9.